The van der Waals surface area contributed by atoms with E-state index in [9.17, 15) is 10.1 Å². The van der Waals surface area contributed by atoms with Crippen LogP contribution in [0.25, 0.3) is 6.08 Å². The SMILES string of the molecule is N#C/C(=C\c1cc(Br)c(OCc2ccccc2)c(Br)c1)C(=O)Nc1ccc(OCc2ccccc2)cc1. The molecule has 7 heteroatoms. The normalized spacial score (nSPS) is 10.9. The Morgan fingerprint density at radius 1 is 0.811 bits per heavy atom. The predicted molar refractivity (Wildman–Crippen MR) is 152 cm³/mol. The Bertz CT molecular complexity index is 1410. The maximum Gasteiger partial charge on any atom is 0.266 e. The van der Waals surface area contributed by atoms with E-state index in [4.69, 9.17) is 9.47 Å². The third-order valence-electron chi connectivity index (χ3n) is 5.28. The summed E-state index contributed by atoms with van der Waals surface area (Å²) < 4.78 is 13.1. The Balaban J connectivity index is 1.39. The van der Waals surface area contributed by atoms with Crippen LogP contribution in [-0.4, -0.2) is 5.91 Å². The Labute approximate surface area is 232 Å². The third kappa shape index (κ3) is 7.56. The minimum Gasteiger partial charge on any atom is -0.489 e. The molecule has 0 aliphatic heterocycles. The molecule has 0 saturated heterocycles. The topological polar surface area (TPSA) is 71.3 Å². The average molecular weight is 618 g/mol. The zero-order chi connectivity index (χ0) is 26.0. The molecule has 0 aliphatic carbocycles. The Hall–Kier alpha value is -3.86. The number of hydrogen-bond donors (Lipinski definition) is 1. The van der Waals surface area contributed by atoms with Gasteiger partial charge < -0.3 is 14.8 Å². The molecule has 4 aromatic rings. The number of nitrogens with one attached hydrogen (secondary N) is 1. The molecule has 0 radical (unpaired) electrons. The molecule has 4 aromatic carbocycles. The van der Waals surface area contributed by atoms with Gasteiger partial charge in [-0.1, -0.05) is 60.7 Å². The van der Waals surface area contributed by atoms with Crippen molar-refractivity contribution in [2.45, 2.75) is 13.2 Å². The van der Waals surface area contributed by atoms with E-state index in [2.05, 4.69) is 37.2 Å². The summed E-state index contributed by atoms with van der Waals surface area (Å²) in [6, 6.07) is 32.3. The Morgan fingerprint density at radius 3 is 1.89 bits per heavy atom. The van der Waals surface area contributed by atoms with E-state index in [1.54, 1.807) is 36.4 Å². The number of rotatable bonds is 9. The zero-order valence-corrected chi connectivity index (χ0v) is 22.8. The zero-order valence-electron chi connectivity index (χ0n) is 19.7. The van der Waals surface area contributed by atoms with E-state index in [1.807, 2.05) is 66.7 Å². The number of carbonyl (C=O) groups is 1. The summed E-state index contributed by atoms with van der Waals surface area (Å²) in [5.74, 6) is 0.817. The van der Waals surface area contributed by atoms with Crippen molar-refractivity contribution in [3.05, 3.63) is 128 Å². The first-order valence-electron chi connectivity index (χ1n) is 11.4. The molecule has 4 rings (SSSR count). The van der Waals surface area contributed by atoms with Gasteiger partial charge in [-0.3, -0.25) is 4.79 Å². The van der Waals surface area contributed by atoms with E-state index < -0.39 is 5.91 Å². The third-order valence-corrected chi connectivity index (χ3v) is 6.46. The van der Waals surface area contributed by atoms with Gasteiger partial charge in [-0.2, -0.15) is 5.26 Å². The van der Waals surface area contributed by atoms with E-state index in [0.29, 0.717) is 44.9 Å². The van der Waals surface area contributed by atoms with Crippen molar-refractivity contribution in [3.63, 3.8) is 0 Å². The highest BCUT2D eigenvalue weighted by molar-refractivity contribution is 9.11. The molecule has 0 heterocycles. The summed E-state index contributed by atoms with van der Waals surface area (Å²) in [6.07, 6.45) is 1.53. The van der Waals surface area contributed by atoms with Crippen molar-refractivity contribution < 1.29 is 14.3 Å². The molecule has 0 fully saturated rings. The molecule has 5 nitrogen and oxygen atoms in total. The number of amides is 1. The van der Waals surface area contributed by atoms with E-state index >= 15 is 0 Å². The fourth-order valence-electron chi connectivity index (χ4n) is 3.42. The number of ether oxygens (including phenoxy) is 2. The maximum atomic E-state index is 12.8. The minimum absolute atomic E-state index is 0.0267. The average Bonchev–Trinajstić information content (AvgIpc) is 2.92. The van der Waals surface area contributed by atoms with Gasteiger partial charge in [0.2, 0.25) is 0 Å². The fraction of sp³-hybridized carbons (Fsp3) is 0.0667. The summed E-state index contributed by atoms with van der Waals surface area (Å²) in [4.78, 5) is 12.8. The van der Waals surface area contributed by atoms with Gasteiger partial charge in [-0.15, -0.1) is 0 Å². The van der Waals surface area contributed by atoms with Crippen LogP contribution in [0.5, 0.6) is 11.5 Å². The highest BCUT2D eigenvalue weighted by atomic mass is 79.9. The molecule has 0 unspecified atom stereocenters. The Morgan fingerprint density at radius 2 is 1.35 bits per heavy atom. The molecular formula is C30H22Br2N2O3. The molecule has 0 atom stereocenters. The second-order valence-electron chi connectivity index (χ2n) is 8.01. The molecule has 1 N–H and O–H groups in total. The molecule has 184 valence electrons. The summed E-state index contributed by atoms with van der Waals surface area (Å²) in [6.45, 7) is 0.865. The lowest BCUT2D eigenvalue weighted by atomic mass is 10.1. The number of anilines is 1. The summed E-state index contributed by atoms with van der Waals surface area (Å²) in [7, 11) is 0. The maximum absolute atomic E-state index is 12.8. The van der Waals surface area contributed by atoms with Gasteiger partial charge in [0.25, 0.3) is 5.91 Å². The summed E-state index contributed by atoms with van der Waals surface area (Å²) in [5.41, 5.74) is 3.32. The first kappa shape index (κ1) is 26.2. The van der Waals surface area contributed by atoms with Crippen LogP contribution in [0, 0.1) is 11.3 Å². The monoisotopic (exact) mass is 616 g/mol. The smallest absolute Gasteiger partial charge is 0.266 e. The first-order valence-corrected chi connectivity index (χ1v) is 13.0. The van der Waals surface area contributed by atoms with Crippen molar-refractivity contribution in [2.75, 3.05) is 5.32 Å². The van der Waals surface area contributed by atoms with Crippen LogP contribution >= 0.6 is 31.9 Å². The fourth-order valence-corrected chi connectivity index (χ4v) is 4.87. The van der Waals surface area contributed by atoms with E-state index in [1.165, 1.54) is 6.08 Å². The van der Waals surface area contributed by atoms with Crippen LogP contribution in [0.2, 0.25) is 0 Å². The number of benzene rings is 4. The van der Waals surface area contributed by atoms with Crippen molar-refractivity contribution in [1.29, 1.82) is 5.26 Å². The summed E-state index contributed by atoms with van der Waals surface area (Å²) in [5, 5.41) is 12.4. The Kier molecular flexibility index (Phi) is 9.14. The standard InChI is InChI=1S/C30H22Br2N2O3/c31-27-16-23(17-28(32)29(27)37-20-22-9-5-2-6-10-22)15-24(18-33)30(35)34-25-11-13-26(14-12-25)36-19-21-7-3-1-4-8-21/h1-17H,19-20H2,(H,34,35)/b24-15+. The molecule has 0 spiro atoms. The van der Waals surface area contributed by atoms with Crippen LogP contribution in [-0.2, 0) is 18.0 Å². The van der Waals surface area contributed by atoms with Gasteiger partial charge in [0, 0.05) is 5.69 Å². The number of nitrogens with zero attached hydrogens (tertiary/aromatic N) is 1. The number of hydrogen-bond acceptors (Lipinski definition) is 4. The van der Waals surface area contributed by atoms with Crippen molar-refractivity contribution in [2.24, 2.45) is 0 Å². The quantitative estimate of drug-likeness (QED) is 0.153. The molecule has 0 saturated carbocycles. The van der Waals surface area contributed by atoms with Crippen LogP contribution in [0.1, 0.15) is 16.7 Å². The van der Waals surface area contributed by atoms with Crippen molar-refractivity contribution in [3.8, 4) is 17.6 Å². The van der Waals surface area contributed by atoms with Crippen LogP contribution in [0.4, 0.5) is 5.69 Å². The molecule has 1 amide bonds. The van der Waals surface area contributed by atoms with Crippen molar-refractivity contribution >= 4 is 49.5 Å². The van der Waals surface area contributed by atoms with E-state index in [-0.39, 0.29) is 5.57 Å². The second kappa shape index (κ2) is 12.9. The molecular weight excluding hydrogens is 596 g/mol. The highest BCUT2D eigenvalue weighted by Gasteiger charge is 2.13. The van der Waals surface area contributed by atoms with Crippen LogP contribution in [0.3, 0.4) is 0 Å². The lowest BCUT2D eigenvalue weighted by Crippen LogP contribution is -2.13. The van der Waals surface area contributed by atoms with Crippen LogP contribution in [0.15, 0.2) is 112 Å². The van der Waals surface area contributed by atoms with Gasteiger partial charge in [0.1, 0.15) is 36.4 Å². The predicted octanol–water partition coefficient (Wildman–Crippen LogP) is 7.92. The van der Waals surface area contributed by atoms with Gasteiger partial charge in [-0.05, 0) is 91.0 Å². The van der Waals surface area contributed by atoms with Gasteiger partial charge in [0.15, 0.2) is 0 Å². The lowest BCUT2D eigenvalue weighted by Gasteiger charge is -2.12. The number of halogens is 2. The number of carbonyl (C=O) groups excluding carboxylic acids is 1. The highest BCUT2D eigenvalue weighted by Crippen LogP contribution is 2.36. The minimum atomic E-state index is -0.503. The van der Waals surface area contributed by atoms with Gasteiger partial charge in [-0.25, -0.2) is 0 Å². The largest absolute Gasteiger partial charge is 0.489 e. The van der Waals surface area contributed by atoms with Gasteiger partial charge in [0.05, 0.1) is 8.95 Å². The van der Waals surface area contributed by atoms with Gasteiger partial charge >= 0.3 is 0 Å². The second-order valence-corrected chi connectivity index (χ2v) is 9.72. The molecule has 0 aliphatic rings. The number of nitriles is 1. The summed E-state index contributed by atoms with van der Waals surface area (Å²) >= 11 is 7.06. The van der Waals surface area contributed by atoms with Crippen molar-refractivity contribution in [1.82, 2.24) is 0 Å². The first-order chi connectivity index (χ1) is 18.0. The van der Waals surface area contributed by atoms with Crippen LogP contribution < -0.4 is 14.8 Å². The molecule has 0 bridgehead atoms. The lowest BCUT2D eigenvalue weighted by molar-refractivity contribution is -0.112. The molecule has 37 heavy (non-hydrogen) atoms. The molecule has 0 aromatic heterocycles. The van der Waals surface area contributed by atoms with E-state index in [0.717, 1.165) is 11.1 Å².